The molecular weight excluding hydrogens is 348 g/mol. The van der Waals surface area contributed by atoms with Gasteiger partial charge in [0.05, 0.1) is 10.5 Å². The third kappa shape index (κ3) is 3.34. The van der Waals surface area contributed by atoms with Gasteiger partial charge in [0.2, 0.25) is 0 Å². The standard InChI is InChI=1S/C12H7BrN2O4S/c13-10-3-1-7(5-9(10)12(16)17)20-8-2-4-11(14-6-8)15(18)19/h1-6H,(H,16,17). The lowest BCUT2D eigenvalue weighted by molar-refractivity contribution is -0.389. The number of aromatic nitrogens is 1. The summed E-state index contributed by atoms with van der Waals surface area (Å²) in [6.45, 7) is 0. The highest BCUT2D eigenvalue weighted by molar-refractivity contribution is 9.10. The van der Waals surface area contributed by atoms with Crippen molar-refractivity contribution in [2.45, 2.75) is 9.79 Å². The van der Waals surface area contributed by atoms with Crippen molar-refractivity contribution in [3.05, 3.63) is 56.7 Å². The molecule has 8 heteroatoms. The van der Waals surface area contributed by atoms with E-state index in [-0.39, 0.29) is 11.4 Å². The predicted molar refractivity (Wildman–Crippen MR) is 76.1 cm³/mol. The second-order valence-corrected chi connectivity index (χ2v) is 5.66. The number of nitro groups is 1. The molecule has 0 aliphatic carbocycles. The second-order valence-electron chi connectivity index (χ2n) is 3.66. The Morgan fingerprint density at radius 3 is 2.55 bits per heavy atom. The second kappa shape index (κ2) is 6.02. The first-order chi connectivity index (χ1) is 9.47. The largest absolute Gasteiger partial charge is 0.478 e. The van der Waals surface area contributed by atoms with Crippen molar-refractivity contribution < 1.29 is 14.8 Å². The normalized spacial score (nSPS) is 10.2. The van der Waals surface area contributed by atoms with Gasteiger partial charge in [-0.05, 0) is 50.1 Å². The summed E-state index contributed by atoms with van der Waals surface area (Å²) in [6, 6.07) is 7.79. The van der Waals surface area contributed by atoms with Gasteiger partial charge in [-0.2, -0.15) is 0 Å². The number of nitrogens with zero attached hydrogens (tertiary/aromatic N) is 2. The lowest BCUT2D eigenvalue weighted by Gasteiger charge is -2.03. The fraction of sp³-hybridized carbons (Fsp3) is 0. The van der Waals surface area contributed by atoms with E-state index in [0.29, 0.717) is 14.3 Å². The lowest BCUT2D eigenvalue weighted by Crippen LogP contribution is -1.97. The molecule has 20 heavy (non-hydrogen) atoms. The van der Waals surface area contributed by atoms with Crippen molar-refractivity contribution >= 4 is 39.5 Å². The number of halogens is 1. The molecule has 0 radical (unpaired) electrons. The van der Waals surface area contributed by atoms with E-state index in [9.17, 15) is 14.9 Å². The van der Waals surface area contributed by atoms with E-state index >= 15 is 0 Å². The molecule has 0 amide bonds. The summed E-state index contributed by atoms with van der Waals surface area (Å²) >= 11 is 4.44. The average Bonchev–Trinajstić information content (AvgIpc) is 2.41. The van der Waals surface area contributed by atoms with Gasteiger partial charge in [0, 0.05) is 15.4 Å². The van der Waals surface area contributed by atoms with Gasteiger partial charge < -0.3 is 15.2 Å². The van der Waals surface area contributed by atoms with Crippen LogP contribution in [0.2, 0.25) is 0 Å². The van der Waals surface area contributed by atoms with Gasteiger partial charge in [-0.25, -0.2) is 4.79 Å². The number of hydrogen-bond acceptors (Lipinski definition) is 5. The van der Waals surface area contributed by atoms with E-state index in [4.69, 9.17) is 5.11 Å². The van der Waals surface area contributed by atoms with Crippen LogP contribution in [-0.2, 0) is 0 Å². The van der Waals surface area contributed by atoms with Crippen LogP contribution in [0.4, 0.5) is 5.82 Å². The number of rotatable bonds is 4. The Labute approximate surface area is 126 Å². The third-order valence-electron chi connectivity index (χ3n) is 2.31. The maximum absolute atomic E-state index is 11.0. The smallest absolute Gasteiger partial charge is 0.363 e. The third-order valence-corrected chi connectivity index (χ3v) is 3.97. The molecule has 0 aliphatic heterocycles. The maximum atomic E-state index is 11.0. The molecule has 0 saturated heterocycles. The molecule has 0 saturated carbocycles. The van der Waals surface area contributed by atoms with Crippen LogP contribution < -0.4 is 0 Å². The van der Waals surface area contributed by atoms with Crippen molar-refractivity contribution in [2.75, 3.05) is 0 Å². The quantitative estimate of drug-likeness (QED) is 0.665. The number of pyridine rings is 1. The van der Waals surface area contributed by atoms with Crippen LogP contribution in [0.3, 0.4) is 0 Å². The molecule has 2 aromatic rings. The number of carboxylic acids is 1. The zero-order chi connectivity index (χ0) is 14.7. The zero-order valence-electron chi connectivity index (χ0n) is 9.82. The summed E-state index contributed by atoms with van der Waals surface area (Å²) in [4.78, 5) is 26.0. The van der Waals surface area contributed by atoms with Crippen LogP contribution in [0, 0.1) is 10.1 Å². The Hall–Kier alpha value is -1.93. The molecule has 0 bridgehead atoms. The lowest BCUT2D eigenvalue weighted by atomic mass is 10.2. The van der Waals surface area contributed by atoms with Gasteiger partial charge in [0.25, 0.3) is 0 Å². The Morgan fingerprint density at radius 1 is 1.30 bits per heavy atom. The molecular formula is C12H7BrN2O4S. The van der Waals surface area contributed by atoms with Crippen molar-refractivity contribution in [3.8, 4) is 0 Å². The molecule has 1 heterocycles. The number of aromatic carboxylic acids is 1. The van der Waals surface area contributed by atoms with Gasteiger partial charge >= 0.3 is 11.8 Å². The van der Waals surface area contributed by atoms with Crippen molar-refractivity contribution in [3.63, 3.8) is 0 Å². The van der Waals surface area contributed by atoms with Crippen LogP contribution >= 0.6 is 27.7 Å². The Kier molecular flexibility index (Phi) is 4.35. The topological polar surface area (TPSA) is 93.3 Å². The summed E-state index contributed by atoms with van der Waals surface area (Å²) in [7, 11) is 0. The maximum Gasteiger partial charge on any atom is 0.363 e. The number of hydrogen-bond donors (Lipinski definition) is 1. The van der Waals surface area contributed by atoms with Crippen LogP contribution in [-0.4, -0.2) is 21.0 Å². The van der Waals surface area contributed by atoms with E-state index in [0.717, 1.165) is 0 Å². The monoisotopic (exact) mass is 354 g/mol. The highest BCUT2D eigenvalue weighted by Crippen LogP contribution is 2.30. The van der Waals surface area contributed by atoms with Crippen molar-refractivity contribution in [1.82, 2.24) is 4.98 Å². The zero-order valence-corrected chi connectivity index (χ0v) is 12.2. The predicted octanol–water partition coefficient (Wildman–Crippen LogP) is 3.60. The summed E-state index contributed by atoms with van der Waals surface area (Å²) in [5, 5.41) is 19.5. The van der Waals surface area contributed by atoms with Crippen LogP contribution in [0.15, 0.2) is 50.8 Å². The van der Waals surface area contributed by atoms with E-state index in [1.54, 1.807) is 18.2 Å². The molecule has 6 nitrogen and oxygen atoms in total. The van der Waals surface area contributed by atoms with Crippen molar-refractivity contribution in [2.24, 2.45) is 0 Å². The summed E-state index contributed by atoms with van der Waals surface area (Å²) < 4.78 is 0.496. The molecule has 1 aromatic carbocycles. The van der Waals surface area contributed by atoms with E-state index in [1.165, 1.54) is 30.1 Å². The SMILES string of the molecule is O=C(O)c1cc(Sc2ccc([N+](=O)[O-])nc2)ccc1Br. The van der Waals surface area contributed by atoms with Crippen LogP contribution in [0.1, 0.15) is 10.4 Å². The van der Waals surface area contributed by atoms with Crippen LogP contribution in [0.5, 0.6) is 0 Å². The first-order valence-corrected chi connectivity index (χ1v) is 6.89. The highest BCUT2D eigenvalue weighted by atomic mass is 79.9. The molecule has 2 rings (SSSR count). The highest BCUT2D eigenvalue weighted by Gasteiger charge is 2.11. The first kappa shape index (κ1) is 14.5. The Morgan fingerprint density at radius 2 is 2.00 bits per heavy atom. The minimum Gasteiger partial charge on any atom is -0.478 e. The fourth-order valence-electron chi connectivity index (χ4n) is 1.41. The summed E-state index contributed by atoms with van der Waals surface area (Å²) in [6.07, 6.45) is 1.38. The molecule has 0 unspecified atom stereocenters. The molecule has 0 aliphatic rings. The van der Waals surface area contributed by atoms with E-state index < -0.39 is 10.9 Å². The van der Waals surface area contributed by atoms with E-state index in [2.05, 4.69) is 20.9 Å². The van der Waals surface area contributed by atoms with Gasteiger partial charge in [0.15, 0.2) is 6.20 Å². The molecule has 0 fully saturated rings. The fourth-order valence-corrected chi connectivity index (χ4v) is 2.65. The van der Waals surface area contributed by atoms with Gasteiger partial charge in [-0.1, -0.05) is 11.8 Å². The minimum absolute atomic E-state index is 0.157. The number of carboxylic acid groups (broad SMARTS) is 1. The van der Waals surface area contributed by atoms with E-state index in [1.807, 2.05) is 0 Å². The summed E-state index contributed by atoms with van der Waals surface area (Å²) in [5.41, 5.74) is 0.157. The molecule has 1 aromatic heterocycles. The van der Waals surface area contributed by atoms with Crippen LogP contribution in [0.25, 0.3) is 0 Å². The number of benzene rings is 1. The van der Waals surface area contributed by atoms with Gasteiger partial charge in [-0.3, -0.25) is 0 Å². The molecule has 1 N–H and O–H groups in total. The molecule has 0 spiro atoms. The van der Waals surface area contributed by atoms with Gasteiger partial charge in [-0.15, -0.1) is 0 Å². The minimum atomic E-state index is -1.03. The molecule has 0 atom stereocenters. The Balaban J connectivity index is 2.23. The van der Waals surface area contributed by atoms with Gasteiger partial charge in [0.1, 0.15) is 0 Å². The Bertz CT molecular complexity index is 676. The van der Waals surface area contributed by atoms with Crippen molar-refractivity contribution in [1.29, 1.82) is 0 Å². The molecule has 102 valence electrons. The first-order valence-electron chi connectivity index (χ1n) is 5.28. The summed E-state index contributed by atoms with van der Waals surface area (Å²) in [5.74, 6) is -1.25. The average molecular weight is 355 g/mol. The number of carbonyl (C=O) groups is 1.